The van der Waals surface area contributed by atoms with Crippen LogP contribution in [0, 0.1) is 0 Å². The smallest absolute Gasteiger partial charge is 0.221 e. The Hall–Kier alpha value is -0.580. The lowest BCUT2D eigenvalue weighted by molar-refractivity contribution is -0.121. The number of carbonyl (C=O) groups is 1. The Kier molecular flexibility index (Phi) is 6.12. The molecule has 1 unspecified atom stereocenters. The summed E-state index contributed by atoms with van der Waals surface area (Å²) < 4.78 is 1.15. The largest absolute Gasteiger partial charge is 0.349 e. The summed E-state index contributed by atoms with van der Waals surface area (Å²) in [6.45, 7) is 0.726. The van der Waals surface area contributed by atoms with E-state index >= 15 is 0 Å². The number of rotatable bonds is 4. The summed E-state index contributed by atoms with van der Waals surface area (Å²) in [5.74, 6) is 0.122. The van der Waals surface area contributed by atoms with E-state index in [1.54, 1.807) is 0 Å². The highest BCUT2D eigenvalue weighted by Crippen LogP contribution is 2.35. The van der Waals surface area contributed by atoms with E-state index in [-0.39, 0.29) is 24.4 Å². The zero-order chi connectivity index (χ0) is 12.3. The van der Waals surface area contributed by atoms with Gasteiger partial charge in [-0.25, -0.2) is 0 Å². The Morgan fingerprint density at radius 2 is 2.28 bits per heavy atom. The number of carbonyl (C=O) groups excluding carboxylic acids is 1. The molecule has 100 valence electrons. The van der Waals surface area contributed by atoms with Gasteiger partial charge in [-0.3, -0.25) is 4.79 Å². The lowest BCUT2D eigenvalue weighted by Crippen LogP contribution is -2.29. The Labute approximate surface area is 122 Å². The van der Waals surface area contributed by atoms with Crippen molar-refractivity contribution >= 4 is 34.2 Å². The normalized spacial score (nSPS) is 16.9. The number of nitrogens with one attached hydrogen (secondary N) is 2. The van der Waals surface area contributed by atoms with Crippen LogP contribution in [0.5, 0.6) is 0 Å². The molecule has 0 saturated carbocycles. The molecule has 0 aliphatic heterocycles. The van der Waals surface area contributed by atoms with Gasteiger partial charge >= 0.3 is 0 Å². The lowest BCUT2D eigenvalue weighted by atomic mass is 10.1. The number of benzene rings is 1. The SMILES string of the molecule is CNCCC(=O)NC1CCc2c(Br)cccc21.Cl. The summed E-state index contributed by atoms with van der Waals surface area (Å²) >= 11 is 3.56. The number of fused-ring (bicyclic) bond motifs is 1. The van der Waals surface area contributed by atoms with Crippen LogP contribution in [0.15, 0.2) is 22.7 Å². The highest BCUT2D eigenvalue weighted by molar-refractivity contribution is 9.10. The van der Waals surface area contributed by atoms with Gasteiger partial charge in [-0.05, 0) is 37.1 Å². The first-order valence-corrected chi connectivity index (χ1v) is 6.73. The molecule has 0 spiro atoms. The van der Waals surface area contributed by atoms with Gasteiger partial charge in [-0.15, -0.1) is 12.4 Å². The van der Waals surface area contributed by atoms with E-state index in [4.69, 9.17) is 0 Å². The zero-order valence-corrected chi connectivity index (χ0v) is 12.7. The minimum atomic E-state index is 0. The van der Waals surface area contributed by atoms with Crippen molar-refractivity contribution < 1.29 is 4.79 Å². The van der Waals surface area contributed by atoms with E-state index in [1.807, 2.05) is 13.1 Å². The Morgan fingerprint density at radius 3 is 3.00 bits per heavy atom. The Bertz CT molecular complexity index is 425. The Balaban J connectivity index is 0.00000162. The van der Waals surface area contributed by atoms with Crippen molar-refractivity contribution in [3.8, 4) is 0 Å². The molecule has 0 bridgehead atoms. The van der Waals surface area contributed by atoms with Gasteiger partial charge in [0.1, 0.15) is 0 Å². The van der Waals surface area contributed by atoms with Crippen LogP contribution in [-0.2, 0) is 11.2 Å². The third-order valence-corrected chi connectivity index (χ3v) is 3.89. The summed E-state index contributed by atoms with van der Waals surface area (Å²) in [6.07, 6.45) is 2.58. The van der Waals surface area contributed by atoms with Gasteiger partial charge in [0.15, 0.2) is 0 Å². The van der Waals surface area contributed by atoms with Gasteiger partial charge in [0.2, 0.25) is 5.91 Å². The summed E-state index contributed by atoms with van der Waals surface area (Å²) in [4.78, 5) is 11.7. The van der Waals surface area contributed by atoms with E-state index in [1.165, 1.54) is 11.1 Å². The minimum Gasteiger partial charge on any atom is -0.349 e. The summed E-state index contributed by atoms with van der Waals surface area (Å²) in [5, 5.41) is 6.08. The van der Waals surface area contributed by atoms with Crippen LogP contribution in [0.1, 0.15) is 30.0 Å². The second-order valence-corrected chi connectivity index (χ2v) is 5.17. The topological polar surface area (TPSA) is 41.1 Å². The monoisotopic (exact) mass is 332 g/mol. The molecule has 3 nitrogen and oxygen atoms in total. The molecule has 2 rings (SSSR count). The van der Waals surface area contributed by atoms with Gasteiger partial charge in [0, 0.05) is 17.4 Å². The van der Waals surface area contributed by atoms with Crippen LogP contribution in [0.3, 0.4) is 0 Å². The van der Waals surface area contributed by atoms with Crippen molar-refractivity contribution in [2.75, 3.05) is 13.6 Å². The lowest BCUT2D eigenvalue weighted by Gasteiger charge is -2.14. The van der Waals surface area contributed by atoms with Crippen molar-refractivity contribution in [2.24, 2.45) is 0 Å². The molecule has 0 fully saturated rings. The van der Waals surface area contributed by atoms with Crippen LogP contribution in [0.2, 0.25) is 0 Å². The fourth-order valence-corrected chi connectivity index (χ4v) is 2.84. The highest BCUT2D eigenvalue weighted by atomic mass is 79.9. The second-order valence-electron chi connectivity index (χ2n) is 4.32. The number of hydrogen-bond donors (Lipinski definition) is 2. The summed E-state index contributed by atoms with van der Waals surface area (Å²) in [6, 6.07) is 6.38. The molecule has 1 aromatic rings. The van der Waals surface area contributed by atoms with Crippen LogP contribution < -0.4 is 10.6 Å². The summed E-state index contributed by atoms with van der Waals surface area (Å²) in [7, 11) is 1.86. The zero-order valence-electron chi connectivity index (χ0n) is 10.3. The summed E-state index contributed by atoms with van der Waals surface area (Å²) in [5.41, 5.74) is 2.60. The molecule has 1 atom stereocenters. The molecular formula is C13H18BrClN2O. The molecule has 18 heavy (non-hydrogen) atoms. The molecule has 0 heterocycles. The standard InChI is InChI=1S/C13H17BrN2O.ClH/c1-15-8-7-13(17)16-12-6-5-9-10(12)3-2-4-11(9)14;/h2-4,12,15H,5-8H2,1H3,(H,16,17);1H. The van der Waals surface area contributed by atoms with Crippen LogP contribution in [0.4, 0.5) is 0 Å². The molecule has 1 aromatic carbocycles. The van der Waals surface area contributed by atoms with Gasteiger partial charge in [-0.1, -0.05) is 28.1 Å². The van der Waals surface area contributed by atoms with Gasteiger partial charge < -0.3 is 10.6 Å². The average Bonchev–Trinajstić information content (AvgIpc) is 2.71. The quantitative estimate of drug-likeness (QED) is 0.889. The van der Waals surface area contributed by atoms with Gasteiger partial charge in [0.25, 0.3) is 0 Å². The van der Waals surface area contributed by atoms with Gasteiger partial charge in [-0.2, -0.15) is 0 Å². The average molecular weight is 334 g/mol. The van der Waals surface area contributed by atoms with Crippen LogP contribution in [0.25, 0.3) is 0 Å². The molecule has 0 saturated heterocycles. The molecule has 2 N–H and O–H groups in total. The van der Waals surface area contributed by atoms with E-state index in [0.29, 0.717) is 6.42 Å². The third kappa shape index (κ3) is 3.46. The molecular weight excluding hydrogens is 316 g/mol. The number of hydrogen-bond acceptors (Lipinski definition) is 2. The molecule has 1 amide bonds. The predicted octanol–water partition coefficient (Wildman–Crippen LogP) is 2.58. The third-order valence-electron chi connectivity index (χ3n) is 3.15. The van der Waals surface area contributed by atoms with Crippen molar-refractivity contribution in [1.82, 2.24) is 10.6 Å². The maximum absolute atomic E-state index is 11.7. The van der Waals surface area contributed by atoms with Crippen LogP contribution in [-0.4, -0.2) is 19.5 Å². The fraction of sp³-hybridized carbons (Fsp3) is 0.462. The van der Waals surface area contributed by atoms with E-state index in [2.05, 4.69) is 38.7 Å². The first-order chi connectivity index (χ1) is 8.22. The maximum Gasteiger partial charge on any atom is 0.221 e. The molecule has 0 radical (unpaired) electrons. The molecule has 0 aromatic heterocycles. The van der Waals surface area contributed by atoms with E-state index in [9.17, 15) is 4.79 Å². The van der Waals surface area contributed by atoms with Crippen molar-refractivity contribution in [3.05, 3.63) is 33.8 Å². The second kappa shape index (κ2) is 7.12. The minimum absolute atomic E-state index is 0. The number of amides is 1. The van der Waals surface area contributed by atoms with E-state index in [0.717, 1.165) is 23.9 Å². The molecule has 1 aliphatic carbocycles. The van der Waals surface area contributed by atoms with E-state index < -0.39 is 0 Å². The molecule has 1 aliphatic rings. The Morgan fingerprint density at radius 1 is 1.50 bits per heavy atom. The first-order valence-electron chi connectivity index (χ1n) is 5.93. The van der Waals surface area contributed by atoms with Crippen LogP contribution >= 0.6 is 28.3 Å². The fourth-order valence-electron chi connectivity index (χ4n) is 2.26. The maximum atomic E-state index is 11.7. The number of halogens is 2. The first kappa shape index (κ1) is 15.5. The predicted molar refractivity (Wildman–Crippen MR) is 79.1 cm³/mol. The molecule has 5 heteroatoms. The van der Waals surface area contributed by atoms with Crippen molar-refractivity contribution in [1.29, 1.82) is 0 Å². The highest BCUT2D eigenvalue weighted by Gasteiger charge is 2.24. The van der Waals surface area contributed by atoms with Gasteiger partial charge in [0.05, 0.1) is 6.04 Å². The van der Waals surface area contributed by atoms with Crippen molar-refractivity contribution in [2.45, 2.75) is 25.3 Å². The van der Waals surface area contributed by atoms with Crippen molar-refractivity contribution in [3.63, 3.8) is 0 Å².